The Morgan fingerprint density at radius 1 is 1.31 bits per heavy atom. The van der Waals surface area contributed by atoms with E-state index in [-0.39, 0.29) is 5.25 Å². The normalized spacial score (nSPS) is 14.6. The first kappa shape index (κ1) is 13.4. The van der Waals surface area contributed by atoms with Gasteiger partial charge in [0, 0.05) is 21.8 Å². The first-order chi connectivity index (χ1) is 7.74. The maximum Gasteiger partial charge on any atom is 0.0331 e. The summed E-state index contributed by atoms with van der Waals surface area (Å²) < 4.78 is 11.8. The minimum Gasteiger partial charge on any atom is -0.330 e. The minimum absolute atomic E-state index is 0.237. The molecule has 90 valence electrons. The summed E-state index contributed by atoms with van der Waals surface area (Å²) in [5.74, 6) is 0.788. The van der Waals surface area contributed by atoms with Gasteiger partial charge in [-0.2, -0.15) is 0 Å². The van der Waals surface area contributed by atoms with Gasteiger partial charge >= 0.3 is 0 Å². The third-order valence-electron chi connectivity index (χ3n) is 2.68. The molecule has 0 bridgehead atoms. The maximum atomic E-state index is 11.8. The van der Waals surface area contributed by atoms with E-state index in [2.05, 4.69) is 12.1 Å². The SMILES string of the molecule is CC(CCN)S(=O)CCCc1ccccc1. The van der Waals surface area contributed by atoms with Crippen LogP contribution < -0.4 is 5.73 Å². The van der Waals surface area contributed by atoms with Gasteiger partial charge in [0.25, 0.3) is 0 Å². The van der Waals surface area contributed by atoms with E-state index in [0.29, 0.717) is 6.54 Å². The van der Waals surface area contributed by atoms with Gasteiger partial charge in [0.15, 0.2) is 0 Å². The van der Waals surface area contributed by atoms with Crippen molar-refractivity contribution in [2.45, 2.75) is 31.4 Å². The highest BCUT2D eigenvalue weighted by Gasteiger charge is 2.09. The van der Waals surface area contributed by atoms with Gasteiger partial charge in [-0.25, -0.2) is 0 Å². The average molecular weight is 239 g/mol. The van der Waals surface area contributed by atoms with E-state index in [0.717, 1.165) is 25.0 Å². The molecule has 1 aromatic rings. The smallest absolute Gasteiger partial charge is 0.0331 e. The van der Waals surface area contributed by atoms with Crippen LogP contribution in [-0.4, -0.2) is 21.8 Å². The fourth-order valence-electron chi connectivity index (χ4n) is 1.63. The van der Waals surface area contributed by atoms with Crippen LogP contribution in [-0.2, 0) is 17.2 Å². The molecule has 0 aliphatic heterocycles. The summed E-state index contributed by atoms with van der Waals surface area (Å²) >= 11 is 0. The Bertz CT molecular complexity index is 313. The van der Waals surface area contributed by atoms with Gasteiger partial charge in [0.1, 0.15) is 0 Å². The molecule has 0 saturated heterocycles. The Balaban J connectivity index is 2.23. The molecule has 2 N–H and O–H groups in total. The molecule has 0 saturated carbocycles. The van der Waals surface area contributed by atoms with Crippen molar-refractivity contribution < 1.29 is 4.21 Å². The van der Waals surface area contributed by atoms with Crippen molar-refractivity contribution in [3.8, 4) is 0 Å². The zero-order valence-electron chi connectivity index (χ0n) is 9.89. The van der Waals surface area contributed by atoms with Crippen molar-refractivity contribution in [3.63, 3.8) is 0 Å². The predicted octanol–water partition coefficient (Wildman–Crippen LogP) is 2.11. The molecule has 0 aromatic heterocycles. The predicted molar refractivity (Wildman–Crippen MR) is 70.9 cm³/mol. The summed E-state index contributed by atoms with van der Waals surface area (Å²) in [5.41, 5.74) is 6.78. The third-order valence-corrected chi connectivity index (χ3v) is 4.50. The van der Waals surface area contributed by atoms with Crippen molar-refractivity contribution in [1.82, 2.24) is 0 Å². The average Bonchev–Trinajstić information content (AvgIpc) is 2.30. The van der Waals surface area contributed by atoms with Crippen LogP contribution in [0.1, 0.15) is 25.3 Å². The van der Waals surface area contributed by atoms with Crippen LogP contribution in [0, 0.1) is 0 Å². The van der Waals surface area contributed by atoms with E-state index in [9.17, 15) is 4.21 Å². The molecule has 0 fully saturated rings. The molecule has 1 aromatic carbocycles. The van der Waals surface area contributed by atoms with Crippen molar-refractivity contribution in [3.05, 3.63) is 35.9 Å². The standard InChI is InChI=1S/C13H21NOS/c1-12(9-10-14)16(15)11-5-8-13-6-3-2-4-7-13/h2-4,6-7,12H,5,8-11,14H2,1H3. The molecule has 0 aliphatic rings. The van der Waals surface area contributed by atoms with Crippen molar-refractivity contribution in [1.29, 1.82) is 0 Å². The summed E-state index contributed by atoms with van der Waals surface area (Å²) in [6.45, 7) is 2.65. The van der Waals surface area contributed by atoms with Crippen LogP contribution in [0.3, 0.4) is 0 Å². The van der Waals surface area contributed by atoms with Gasteiger partial charge in [-0.15, -0.1) is 0 Å². The molecule has 0 radical (unpaired) electrons. The van der Waals surface area contributed by atoms with Crippen LogP contribution in [0.4, 0.5) is 0 Å². The highest BCUT2D eigenvalue weighted by Crippen LogP contribution is 2.06. The lowest BCUT2D eigenvalue weighted by molar-refractivity contribution is 0.663. The van der Waals surface area contributed by atoms with E-state index in [4.69, 9.17) is 5.73 Å². The second kappa shape index (κ2) is 7.58. The summed E-state index contributed by atoms with van der Waals surface area (Å²) in [4.78, 5) is 0. The van der Waals surface area contributed by atoms with Gasteiger partial charge in [-0.1, -0.05) is 37.3 Å². The van der Waals surface area contributed by atoms with Crippen LogP contribution in [0.2, 0.25) is 0 Å². The van der Waals surface area contributed by atoms with Crippen LogP contribution in [0.15, 0.2) is 30.3 Å². The number of hydrogen-bond acceptors (Lipinski definition) is 2. The molecule has 2 nitrogen and oxygen atoms in total. The number of aryl methyl sites for hydroxylation is 1. The first-order valence-corrected chi connectivity index (χ1v) is 7.23. The molecule has 1 rings (SSSR count). The van der Waals surface area contributed by atoms with Gasteiger partial charge < -0.3 is 5.73 Å². The first-order valence-electron chi connectivity index (χ1n) is 5.85. The van der Waals surface area contributed by atoms with Crippen LogP contribution in [0.25, 0.3) is 0 Å². The Hall–Kier alpha value is -0.670. The highest BCUT2D eigenvalue weighted by molar-refractivity contribution is 7.85. The molecule has 0 heterocycles. The topological polar surface area (TPSA) is 43.1 Å². The molecule has 2 unspecified atom stereocenters. The van der Waals surface area contributed by atoms with Crippen LogP contribution in [0.5, 0.6) is 0 Å². The van der Waals surface area contributed by atoms with Gasteiger partial charge in [0.2, 0.25) is 0 Å². The molecule has 0 amide bonds. The van der Waals surface area contributed by atoms with E-state index < -0.39 is 10.8 Å². The number of nitrogens with two attached hydrogens (primary N) is 1. The monoisotopic (exact) mass is 239 g/mol. The Kier molecular flexibility index (Phi) is 6.34. The van der Waals surface area contributed by atoms with E-state index in [1.165, 1.54) is 5.56 Å². The van der Waals surface area contributed by atoms with E-state index in [1.807, 2.05) is 25.1 Å². The zero-order valence-corrected chi connectivity index (χ0v) is 10.7. The summed E-state index contributed by atoms with van der Waals surface area (Å²) in [5, 5.41) is 0.237. The Morgan fingerprint density at radius 2 is 2.00 bits per heavy atom. The van der Waals surface area contributed by atoms with Gasteiger partial charge in [0.05, 0.1) is 0 Å². The molecule has 2 atom stereocenters. The Morgan fingerprint density at radius 3 is 2.62 bits per heavy atom. The maximum absolute atomic E-state index is 11.8. The third kappa shape index (κ3) is 4.90. The second-order valence-corrected chi connectivity index (χ2v) is 6.04. The zero-order chi connectivity index (χ0) is 11.8. The quantitative estimate of drug-likeness (QED) is 0.792. The molecular weight excluding hydrogens is 218 g/mol. The number of hydrogen-bond donors (Lipinski definition) is 1. The minimum atomic E-state index is -0.718. The van der Waals surface area contributed by atoms with Crippen molar-refractivity contribution in [2.75, 3.05) is 12.3 Å². The molecular formula is C13H21NOS. The lowest BCUT2D eigenvalue weighted by Gasteiger charge is -2.09. The Labute approximate surface area is 101 Å². The van der Waals surface area contributed by atoms with Gasteiger partial charge in [-0.3, -0.25) is 4.21 Å². The fourth-order valence-corrected chi connectivity index (χ4v) is 2.86. The lowest BCUT2D eigenvalue weighted by atomic mass is 10.1. The highest BCUT2D eigenvalue weighted by atomic mass is 32.2. The molecule has 3 heteroatoms. The molecule has 16 heavy (non-hydrogen) atoms. The van der Waals surface area contributed by atoms with Crippen LogP contribution >= 0.6 is 0 Å². The fraction of sp³-hybridized carbons (Fsp3) is 0.538. The van der Waals surface area contributed by atoms with Crippen molar-refractivity contribution >= 4 is 10.8 Å². The lowest BCUT2D eigenvalue weighted by Crippen LogP contribution is -2.18. The second-order valence-electron chi connectivity index (χ2n) is 4.06. The molecule has 0 spiro atoms. The summed E-state index contributed by atoms with van der Waals surface area (Å²) in [6.07, 6.45) is 2.87. The summed E-state index contributed by atoms with van der Waals surface area (Å²) in [6, 6.07) is 10.3. The largest absolute Gasteiger partial charge is 0.330 e. The summed E-state index contributed by atoms with van der Waals surface area (Å²) in [7, 11) is -0.718. The molecule has 0 aliphatic carbocycles. The number of rotatable bonds is 7. The number of benzene rings is 1. The van der Waals surface area contributed by atoms with Crippen molar-refractivity contribution in [2.24, 2.45) is 5.73 Å². The van der Waals surface area contributed by atoms with Gasteiger partial charge in [-0.05, 0) is 31.4 Å². The van der Waals surface area contributed by atoms with E-state index >= 15 is 0 Å². The van der Waals surface area contributed by atoms with E-state index in [1.54, 1.807) is 0 Å².